The number of amides is 2. The van der Waals surface area contributed by atoms with E-state index < -0.39 is 5.91 Å². The standard InChI is InChI=1S/C19H20N2O4S/c1-11-2-5-16-13(8-11)10-17(26-16)19(23)21-20-18(22)12-3-4-14-15(9-12)25-7-6-24-14/h3-4,9-11H,2,5-8H2,1H3,(H,20,22)(H,21,23)/t11-/m0/s1. The van der Waals surface area contributed by atoms with Crippen LogP contribution in [0.4, 0.5) is 0 Å². The highest BCUT2D eigenvalue weighted by Crippen LogP contribution is 2.32. The van der Waals surface area contributed by atoms with Crippen molar-refractivity contribution < 1.29 is 19.1 Å². The minimum absolute atomic E-state index is 0.289. The van der Waals surface area contributed by atoms with E-state index >= 15 is 0 Å². The van der Waals surface area contributed by atoms with Crippen LogP contribution in [-0.2, 0) is 12.8 Å². The molecule has 0 spiro atoms. The van der Waals surface area contributed by atoms with Gasteiger partial charge in [0.05, 0.1) is 4.88 Å². The Bertz CT molecular complexity index is 861. The minimum Gasteiger partial charge on any atom is -0.486 e. The van der Waals surface area contributed by atoms with E-state index in [9.17, 15) is 9.59 Å². The maximum absolute atomic E-state index is 12.4. The zero-order valence-electron chi connectivity index (χ0n) is 14.5. The van der Waals surface area contributed by atoms with Gasteiger partial charge in [-0.05, 0) is 55.0 Å². The smallest absolute Gasteiger partial charge is 0.279 e. The first-order valence-electron chi connectivity index (χ1n) is 8.72. The van der Waals surface area contributed by atoms with E-state index in [1.54, 1.807) is 18.2 Å². The summed E-state index contributed by atoms with van der Waals surface area (Å²) < 4.78 is 10.9. The maximum Gasteiger partial charge on any atom is 0.279 e. The molecule has 1 atom stereocenters. The van der Waals surface area contributed by atoms with E-state index in [0.29, 0.717) is 41.1 Å². The lowest BCUT2D eigenvalue weighted by molar-refractivity contribution is 0.0848. The first-order valence-corrected chi connectivity index (χ1v) is 9.53. The Morgan fingerprint density at radius 3 is 2.69 bits per heavy atom. The summed E-state index contributed by atoms with van der Waals surface area (Å²) in [4.78, 5) is 26.6. The lowest BCUT2D eigenvalue weighted by Crippen LogP contribution is -2.41. The topological polar surface area (TPSA) is 76.7 Å². The van der Waals surface area contributed by atoms with Gasteiger partial charge in [0.1, 0.15) is 13.2 Å². The Hall–Kier alpha value is -2.54. The van der Waals surface area contributed by atoms with Crippen molar-refractivity contribution in [3.05, 3.63) is 45.1 Å². The zero-order chi connectivity index (χ0) is 18.1. The number of nitrogens with one attached hydrogen (secondary N) is 2. The molecule has 0 bridgehead atoms. The average Bonchev–Trinajstić information content (AvgIpc) is 3.08. The van der Waals surface area contributed by atoms with Crippen LogP contribution in [0.2, 0.25) is 0 Å². The molecule has 0 radical (unpaired) electrons. The Balaban J connectivity index is 1.39. The molecule has 1 aromatic heterocycles. The van der Waals surface area contributed by atoms with Crippen LogP contribution in [0.5, 0.6) is 11.5 Å². The van der Waals surface area contributed by atoms with Crippen molar-refractivity contribution in [3.63, 3.8) is 0 Å². The SMILES string of the molecule is C[C@H]1CCc2sc(C(=O)NNC(=O)c3ccc4c(c3)OCCO4)cc2C1. The van der Waals surface area contributed by atoms with Crippen molar-refractivity contribution in [2.45, 2.75) is 26.2 Å². The molecule has 0 unspecified atom stereocenters. The quantitative estimate of drug-likeness (QED) is 0.795. The number of fused-ring (bicyclic) bond motifs is 2. The van der Waals surface area contributed by atoms with E-state index in [4.69, 9.17) is 9.47 Å². The highest BCUT2D eigenvalue weighted by Gasteiger charge is 2.21. The lowest BCUT2D eigenvalue weighted by Gasteiger charge is -2.18. The van der Waals surface area contributed by atoms with Crippen LogP contribution in [0.15, 0.2) is 24.3 Å². The molecule has 6 nitrogen and oxygen atoms in total. The summed E-state index contributed by atoms with van der Waals surface area (Å²) in [6, 6.07) is 6.89. The fourth-order valence-electron chi connectivity index (χ4n) is 3.25. The van der Waals surface area contributed by atoms with Crippen LogP contribution in [0.1, 0.15) is 43.8 Å². The molecule has 0 fully saturated rings. The molecule has 136 valence electrons. The number of hydrazine groups is 1. The maximum atomic E-state index is 12.4. The second-order valence-corrected chi connectivity index (χ2v) is 7.81. The van der Waals surface area contributed by atoms with Gasteiger partial charge in [-0.25, -0.2) is 0 Å². The van der Waals surface area contributed by atoms with Crippen LogP contribution in [0.25, 0.3) is 0 Å². The Morgan fingerprint density at radius 2 is 1.85 bits per heavy atom. The normalized spacial score (nSPS) is 18.0. The average molecular weight is 372 g/mol. The second-order valence-electron chi connectivity index (χ2n) is 6.67. The van der Waals surface area contributed by atoms with E-state index in [2.05, 4.69) is 17.8 Å². The van der Waals surface area contributed by atoms with Gasteiger partial charge in [0.2, 0.25) is 0 Å². The fraction of sp³-hybridized carbons (Fsp3) is 0.368. The molecule has 1 aliphatic carbocycles. The molecule has 0 saturated carbocycles. The molecule has 7 heteroatoms. The molecule has 0 saturated heterocycles. The Labute approximate surface area is 155 Å². The predicted molar refractivity (Wildman–Crippen MR) is 97.9 cm³/mol. The molecule has 1 aliphatic heterocycles. The van der Waals surface area contributed by atoms with Gasteiger partial charge in [-0.1, -0.05) is 6.92 Å². The van der Waals surface area contributed by atoms with E-state index in [0.717, 1.165) is 19.3 Å². The van der Waals surface area contributed by atoms with Crippen LogP contribution in [0.3, 0.4) is 0 Å². The van der Waals surface area contributed by atoms with Gasteiger partial charge in [0.25, 0.3) is 11.8 Å². The summed E-state index contributed by atoms with van der Waals surface area (Å²) in [6.07, 6.45) is 3.20. The molecule has 2 aliphatic rings. The highest BCUT2D eigenvalue weighted by atomic mass is 32.1. The number of benzene rings is 1. The zero-order valence-corrected chi connectivity index (χ0v) is 15.3. The Morgan fingerprint density at radius 1 is 1.08 bits per heavy atom. The number of carbonyl (C=O) groups excluding carboxylic acids is 2. The van der Waals surface area contributed by atoms with Gasteiger partial charge < -0.3 is 9.47 Å². The van der Waals surface area contributed by atoms with Gasteiger partial charge >= 0.3 is 0 Å². The predicted octanol–water partition coefficient (Wildman–Crippen LogP) is 2.72. The van der Waals surface area contributed by atoms with E-state index in [-0.39, 0.29) is 5.91 Å². The van der Waals surface area contributed by atoms with Gasteiger partial charge in [0.15, 0.2) is 11.5 Å². The summed E-state index contributed by atoms with van der Waals surface area (Å²) in [5.41, 5.74) is 6.62. The lowest BCUT2D eigenvalue weighted by atomic mass is 9.90. The third-order valence-electron chi connectivity index (χ3n) is 4.65. The number of ether oxygens (including phenoxy) is 2. The first-order chi connectivity index (χ1) is 12.6. The summed E-state index contributed by atoms with van der Waals surface area (Å²) in [6.45, 7) is 3.18. The van der Waals surface area contributed by atoms with Crippen molar-refractivity contribution in [3.8, 4) is 11.5 Å². The molecule has 26 heavy (non-hydrogen) atoms. The van der Waals surface area contributed by atoms with Gasteiger partial charge in [0, 0.05) is 10.4 Å². The minimum atomic E-state index is -0.398. The van der Waals surface area contributed by atoms with Gasteiger partial charge in [-0.15, -0.1) is 11.3 Å². The number of rotatable bonds is 2. The number of hydrogen-bond donors (Lipinski definition) is 2. The fourth-order valence-corrected chi connectivity index (χ4v) is 4.35. The van der Waals surface area contributed by atoms with Crippen LogP contribution in [-0.4, -0.2) is 25.0 Å². The molecule has 2 amide bonds. The molecule has 2 aromatic rings. The van der Waals surface area contributed by atoms with Crippen molar-refractivity contribution in [1.82, 2.24) is 10.9 Å². The summed E-state index contributed by atoms with van der Waals surface area (Å²) in [5, 5.41) is 0. The van der Waals surface area contributed by atoms with Crippen molar-refractivity contribution in [2.75, 3.05) is 13.2 Å². The summed E-state index contributed by atoms with van der Waals surface area (Å²) in [5.74, 6) is 1.13. The molecule has 2 heterocycles. The monoisotopic (exact) mass is 372 g/mol. The van der Waals surface area contributed by atoms with Crippen LogP contribution >= 0.6 is 11.3 Å². The third kappa shape index (κ3) is 3.39. The molecular formula is C19H20N2O4S. The summed E-state index contributed by atoms with van der Waals surface area (Å²) in [7, 11) is 0. The van der Waals surface area contributed by atoms with E-state index in [1.165, 1.54) is 21.8 Å². The molecule has 4 rings (SSSR count). The van der Waals surface area contributed by atoms with Crippen molar-refractivity contribution in [1.29, 1.82) is 0 Å². The number of thiophene rings is 1. The van der Waals surface area contributed by atoms with Gasteiger partial charge in [-0.2, -0.15) is 0 Å². The highest BCUT2D eigenvalue weighted by molar-refractivity contribution is 7.14. The van der Waals surface area contributed by atoms with Crippen LogP contribution in [0, 0.1) is 5.92 Å². The van der Waals surface area contributed by atoms with Gasteiger partial charge in [-0.3, -0.25) is 20.4 Å². The van der Waals surface area contributed by atoms with Crippen molar-refractivity contribution >= 4 is 23.2 Å². The summed E-state index contributed by atoms with van der Waals surface area (Å²) >= 11 is 1.51. The largest absolute Gasteiger partial charge is 0.486 e. The third-order valence-corrected chi connectivity index (χ3v) is 5.88. The number of carbonyl (C=O) groups is 2. The Kier molecular flexibility index (Phi) is 4.55. The first kappa shape index (κ1) is 16.9. The van der Waals surface area contributed by atoms with E-state index in [1.807, 2.05) is 6.07 Å². The number of hydrogen-bond acceptors (Lipinski definition) is 5. The molecular weight excluding hydrogens is 352 g/mol. The molecule has 2 N–H and O–H groups in total. The van der Waals surface area contributed by atoms with Crippen molar-refractivity contribution in [2.24, 2.45) is 5.92 Å². The number of aryl methyl sites for hydroxylation is 1. The molecule has 1 aromatic carbocycles. The second kappa shape index (κ2) is 6.99. The van der Waals surface area contributed by atoms with Crippen LogP contribution < -0.4 is 20.3 Å².